The number of aromatic nitrogens is 2. The van der Waals surface area contributed by atoms with E-state index in [4.69, 9.17) is 0 Å². The van der Waals surface area contributed by atoms with Crippen molar-refractivity contribution in [3.63, 3.8) is 0 Å². The Labute approximate surface area is 148 Å². The topological polar surface area (TPSA) is 52.0 Å². The van der Waals surface area contributed by atoms with Gasteiger partial charge in [-0.25, -0.2) is 26.6 Å². The molecule has 8 heteroatoms. The van der Waals surface area contributed by atoms with Gasteiger partial charge in [0.15, 0.2) is 11.6 Å². The number of halogens is 3. The summed E-state index contributed by atoms with van der Waals surface area (Å²) >= 11 is 0. The molecule has 0 bridgehead atoms. The molecule has 1 aromatic heterocycles. The van der Waals surface area contributed by atoms with Gasteiger partial charge in [0.25, 0.3) is 0 Å². The predicted molar refractivity (Wildman–Crippen MR) is 92.7 cm³/mol. The predicted octanol–water partition coefficient (Wildman–Crippen LogP) is 3.68. The maximum absolute atomic E-state index is 14.4. The van der Waals surface area contributed by atoms with Gasteiger partial charge in [-0.2, -0.15) is 0 Å². The number of rotatable bonds is 5. The van der Waals surface area contributed by atoms with Crippen LogP contribution in [-0.2, 0) is 16.4 Å². The number of imidazole rings is 1. The lowest BCUT2D eigenvalue weighted by Crippen LogP contribution is -2.12. The molecule has 0 saturated heterocycles. The lowest BCUT2D eigenvalue weighted by Gasteiger charge is -2.12. The fraction of sp³-hybridized carbons (Fsp3) is 0.167. The summed E-state index contributed by atoms with van der Waals surface area (Å²) in [4.78, 5) is 4.24. The summed E-state index contributed by atoms with van der Waals surface area (Å²) in [5, 5.41) is 0. The molecule has 0 atom stereocenters. The van der Waals surface area contributed by atoms with Gasteiger partial charge in [0.2, 0.25) is 0 Å². The molecule has 136 valence electrons. The van der Waals surface area contributed by atoms with Crippen LogP contribution in [0.3, 0.4) is 0 Å². The zero-order chi connectivity index (χ0) is 18.9. The van der Waals surface area contributed by atoms with Crippen LogP contribution in [0.1, 0.15) is 0 Å². The zero-order valence-corrected chi connectivity index (χ0v) is 14.6. The average Bonchev–Trinajstić information content (AvgIpc) is 3.00. The number of aryl methyl sites for hydroxylation is 1. The van der Waals surface area contributed by atoms with E-state index in [1.807, 2.05) is 0 Å². The highest BCUT2D eigenvalue weighted by atomic mass is 32.2. The molecule has 3 rings (SSSR count). The second-order valence-electron chi connectivity index (χ2n) is 5.88. The summed E-state index contributed by atoms with van der Waals surface area (Å²) in [5.74, 6) is -3.65. The highest BCUT2D eigenvalue weighted by molar-refractivity contribution is 7.90. The van der Waals surface area contributed by atoms with E-state index >= 15 is 0 Å². The number of sulfone groups is 1. The van der Waals surface area contributed by atoms with Gasteiger partial charge in [0.05, 0.1) is 23.5 Å². The van der Waals surface area contributed by atoms with Gasteiger partial charge >= 0.3 is 0 Å². The first-order valence-corrected chi connectivity index (χ1v) is 9.75. The summed E-state index contributed by atoms with van der Waals surface area (Å²) in [6.07, 6.45) is 2.45. The van der Waals surface area contributed by atoms with Crippen LogP contribution >= 0.6 is 0 Å². The molecule has 0 aliphatic rings. The molecule has 0 fully saturated rings. The van der Waals surface area contributed by atoms with Crippen LogP contribution in [0.2, 0.25) is 0 Å². The lowest BCUT2D eigenvalue weighted by molar-refractivity contribution is 0.495. The fourth-order valence-electron chi connectivity index (χ4n) is 2.61. The fourth-order valence-corrected chi connectivity index (χ4v) is 3.14. The third-order valence-corrected chi connectivity index (χ3v) is 4.78. The Kier molecular flexibility index (Phi) is 4.86. The number of hydrogen-bond acceptors (Lipinski definition) is 3. The Balaban J connectivity index is 2.20. The summed E-state index contributed by atoms with van der Waals surface area (Å²) in [7, 11) is -3.28. The SMILES string of the molecule is CS(=O)(=O)CCn1cnc(-c2ccccc2)c1-c1cc(F)c(F)cc1F. The summed E-state index contributed by atoms with van der Waals surface area (Å²) in [5.41, 5.74) is 0.999. The standard InChI is InChI=1S/C18H15F3N2O2S/c1-26(24,25)8-7-23-11-22-17(12-5-3-2-4-6-12)18(23)13-9-15(20)16(21)10-14(13)19/h2-6,9-11H,7-8H2,1H3. The van der Waals surface area contributed by atoms with Crippen molar-refractivity contribution in [2.75, 3.05) is 12.0 Å². The van der Waals surface area contributed by atoms with Gasteiger partial charge in [-0.05, 0) is 6.07 Å². The van der Waals surface area contributed by atoms with Crippen LogP contribution in [-0.4, -0.2) is 30.0 Å². The van der Waals surface area contributed by atoms with Crippen LogP contribution in [0.15, 0.2) is 48.8 Å². The number of nitrogens with zero attached hydrogens (tertiary/aromatic N) is 2. The largest absolute Gasteiger partial charge is 0.329 e. The molecule has 26 heavy (non-hydrogen) atoms. The highest BCUT2D eigenvalue weighted by Crippen LogP contribution is 2.33. The van der Waals surface area contributed by atoms with Crippen molar-refractivity contribution >= 4 is 9.84 Å². The molecule has 0 amide bonds. The minimum atomic E-state index is -3.28. The van der Waals surface area contributed by atoms with E-state index in [-0.39, 0.29) is 23.6 Å². The van der Waals surface area contributed by atoms with E-state index < -0.39 is 27.3 Å². The maximum Gasteiger partial charge on any atom is 0.161 e. The molecule has 0 aliphatic heterocycles. The van der Waals surface area contributed by atoms with E-state index in [0.717, 1.165) is 12.3 Å². The normalized spacial score (nSPS) is 11.7. The van der Waals surface area contributed by atoms with Crippen LogP contribution < -0.4 is 0 Å². The number of hydrogen-bond donors (Lipinski definition) is 0. The second kappa shape index (κ2) is 6.95. The molecule has 0 saturated carbocycles. The Hall–Kier alpha value is -2.61. The molecular weight excluding hydrogens is 365 g/mol. The van der Waals surface area contributed by atoms with E-state index in [1.165, 1.54) is 10.9 Å². The molecule has 0 aliphatic carbocycles. The van der Waals surface area contributed by atoms with Crippen molar-refractivity contribution in [1.29, 1.82) is 0 Å². The second-order valence-corrected chi connectivity index (χ2v) is 8.14. The average molecular weight is 380 g/mol. The lowest BCUT2D eigenvalue weighted by atomic mass is 10.0. The Bertz CT molecular complexity index is 1050. The Morgan fingerprint density at radius 2 is 1.65 bits per heavy atom. The van der Waals surface area contributed by atoms with Crippen LogP contribution in [0.25, 0.3) is 22.5 Å². The molecule has 3 aromatic rings. The van der Waals surface area contributed by atoms with Gasteiger partial charge in [-0.3, -0.25) is 0 Å². The smallest absolute Gasteiger partial charge is 0.161 e. The summed E-state index contributed by atoms with van der Waals surface area (Å²) < 4.78 is 65.8. The molecule has 0 N–H and O–H groups in total. The van der Waals surface area contributed by atoms with Gasteiger partial charge in [-0.15, -0.1) is 0 Å². The maximum atomic E-state index is 14.4. The Morgan fingerprint density at radius 3 is 2.31 bits per heavy atom. The van der Waals surface area contributed by atoms with Crippen molar-refractivity contribution in [2.45, 2.75) is 6.54 Å². The minimum absolute atomic E-state index is 0.00638. The number of benzene rings is 2. The van der Waals surface area contributed by atoms with Gasteiger partial charge < -0.3 is 4.57 Å². The Morgan fingerprint density at radius 1 is 1.00 bits per heavy atom. The van der Waals surface area contributed by atoms with Gasteiger partial charge in [0.1, 0.15) is 15.7 Å². The van der Waals surface area contributed by atoms with E-state index in [0.29, 0.717) is 17.3 Å². The quantitative estimate of drug-likeness (QED) is 0.635. The molecular formula is C18H15F3N2O2S. The minimum Gasteiger partial charge on any atom is -0.329 e. The van der Waals surface area contributed by atoms with E-state index in [9.17, 15) is 21.6 Å². The van der Waals surface area contributed by atoms with Crippen LogP contribution in [0, 0.1) is 17.5 Å². The van der Waals surface area contributed by atoms with Crippen molar-refractivity contribution < 1.29 is 21.6 Å². The van der Waals surface area contributed by atoms with Crippen LogP contribution in [0.5, 0.6) is 0 Å². The van der Waals surface area contributed by atoms with E-state index in [1.54, 1.807) is 30.3 Å². The van der Waals surface area contributed by atoms with Crippen molar-refractivity contribution in [1.82, 2.24) is 9.55 Å². The third kappa shape index (κ3) is 3.80. The molecule has 0 spiro atoms. The zero-order valence-electron chi connectivity index (χ0n) is 13.8. The van der Waals surface area contributed by atoms with Crippen molar-refractivity contribution in [2.24, 2.45) is 0 Å². The summed E-state index contributed by atoms with van der Waals surface area (Å²) in [6, 6.07) is 10.0. The third-order valence-electron chi connectivity index (χ3n) is 3.85. The first kappa shape index (κ1) is 18.2. The van der Waals surface area contributed by atoms with Gasteiger partial charge in [0, 0.05) is 30.0 Å². The van der Waals surface area contributed by atoms with Crippen molar-refractivity contribution in [3.8, 4) is 22.5 Å². The monoisotopic (exact) mass is 380 g/mol. The van der Waals surface area contributed by atoms with Crippen LogP contribution in [0.4, 0.5) is 13.2 Å². The van der Waals surface area contributed by atoms with Gasteiger partial charge in [-0.1, -0.05) is 30.3 Å². The van der Waals surface area contributed by atoms with E-state index in [2.05, 4.69) is 4.98 Å². The molecule has 2 aromatic carbocycles. The summed E-state index contributed by atoms with van der Waals surface area (Å²) in [6.45, 7) is 0.00638. The molecule has 0 unspecified atom stereocenters. The molecule has 4 nitrogen and oxygen atoms in total. The molecule has 1 heterocycles. The first-order chi connectivity index (χ1) is 12.3. The van der Waals surface area contributed by atoms with Crippen molar-refractivity contribution in [3.05, 3.63) is 66.2 Å². The molecule has 0 radical (unpaired) electrons. The highest BCUT2D eigenvalue weighted by Gasteiger charge is 2.21. The first-order valence-electron chi connectivity index (χ1n) is 7.69.